The molecule has 4 nitrogen and oxygen atoms in total. The van der Waals surface area contributed by atoms with Gasteiger partial charge < -0.3 is 4.90 Å². The number of pyridine rings is 1. The third-order valence-electron chi connectivity index (χ3n) is 7.97. The van der Waals surface area contributed by atoms with Crippen molar-refractivity contribution in [2.24, 2.45) is 5.41 Å². The lowest BCUT2D eigenvalue weighted by Gasteiger charge is -2.35. The van der Waals surface area contributed by atoms with E-state index in [0.717, 1.165) is 62.7 Å². The molecule has 0 bridgehead atoms. The van der Waals surface area contributed by atoms with Crippen LogP contribution in [0.1, 0.15) is 81.4 Å². The van der Waals surface area contributed by atoms with Crippen LogP contribution in [0.2, 0.25) is 0 Å². The number of unbranched alkanes of at least 4 members (excludes halogenated alkanes) is 2. The lowest BCUT2D eigenvalue weighted by molar-refractivity contribution is -0.688. The zero-order valence-electron chi connectivity index (χ0n) is 23.0. The van der Waals surface area contributed by atoms with Crippen molar-refractivity contribution in [2.75, 3.05) is 24.7 Å². The SMILES string of the molecule is CCCCC1(CCCC)CC(c2cccc(C[n+]3ccccc3)c2)c2cc(N(C)C)ccc2S(=O)(=O)C1. The summed E-state index contributed by atoms with van der Waals surface area (Å²) in [5.41, 5.74) is 4.26. The summed E-state index contributed by atoms with van der Waals surface area (Å²) in [5, 5.41) is 0. The smallest absolute Gasteiger partial charge is 0.179 e. The Kier molecular flexibility index (Phi) is 8.74. The van der Waals surface area contributed by atoms with Gasteiger partial charge in [0.15, 0.2) is 28.8 Å². The van der Waals surface area contributed by atoms with Crippen molar-refractivity contribution in [3.8, 4) is 0 Å². The Hall–Kier alpha value is -2.66. The first kappa shape index (κ1) is 27.4. The molecule has 0 amide bonds. The molecule has 0 saturated heterocycles. The monoisotopic (exact) mass is 519 g/mol. The van der Waals surface area contributed by atoms with Crippen molar-refractivity contribution in [1.29, 1.82) is 0 Å². The normalized spacial score (nSPS) is 18.1. The van der Waals surface area contributed by atoms with Crippen LogP contribution < -0.4 is 9.47 Å². The van der Waals surface area contributed by atoms with Crippen LogP contribution in [-0.4, -0.2) is 28.3 Å². The number of fused-ring (bicyclic) bond motifs is 1. The van der Waals surface area contributed by atoms with Crippen LogP contribution in [-0.2, 0) is 16.4 Å². The van der Waals surface area contributed by atoms with E-state index < -0.39 is 9.84 Å². The van der Waals surface area contributed by atoms with Gasteiger partial charge in [-0.05, 0) is 60.1 Å². The summed E-state index contributed by atoms with van der Waals surface area (Å²) in [5.74, 6) is 0.297. The highest BCUT2D eigenvalue weighted by atomic mass is 32.2. The van der Waals surface area contributed by atoms with Crippen molar-refractivity contribution < 1.29 is 13.0 Å². The third-order valence-corrected chi connectivity index (χ3v) is 10.0. The molecule has 5 heteroatoms. The van der Waals surface area contributed by atoms with Gasteiger partial charge in [-0.15, -0.1) is 0 Å². The minimum absolute atomic E-state index is 0.0432. The molecule has 1 aliphatic heterocycles. The molecule has 1 aromatic heterocycles. The van der Waals surface area contributed by atoms with Crippen LogP contribution in [0, 0.1) is 5.41 Å². The van der Waals surface area contributed by atoms with E-state index in [1.54, 1.807) is 0 Å². The second-order valence-electron chi connectivity index (χ2n) is 11.1. The molecule has 0 fully saturated rings. The third kappa shape index (κ3) is 6.43. The van der Waals surface area contributed by atoms with Crippen LogP contribution >= 0.6 is 0 Å². The molecule has 2 aromatic carbocycles. The largest absolute Gasteiger partial charge is 0.378 e. The number of sulfone groups is 1. The summed E-state index contributed by atoms with van der Waals surface area (Å²) in [4.78, 5) is 2.60. The van der Waals surface area contributed by atoms with Gasteiger partial charge in [0.1, 0.15) is 0 Å². The summed E-state index contributed by atoms with van der Waals surface area (Å²) in [6, 6.07) is 20.9. The first-order chi connectivity index (χ1) is 17.8. The molecular formula is C32H43N2O2S+. The van der Waals surface area contributed by atoms with Gasteiger partial charge in [0.2, 0.25) is 0 Å². The van der Waals surface area contributed by atoms with Crippen molar-refractivity contribution in [2.45, 2.75) is 76.2 Å². The Bertz CT molecular complexity index is 1280. The topological polar surface area (TPSA) is 41.3 Å². The number of hydrogen-bond donors (Lipinski definition) is 0. The van der Waals surface area contributed by atoms with Crippen LogP contribution in [0.25, 0.3) is 0 Å². The van der Waals surface area contributed by atoms with Gasteiger partial charge >= 0.3 is 0 Å². The van der Waals surface area contributed by atoms with Gasteiger partial charge in [-0.1, -0.05) is 63.8 Å². The standard InChI is InChI=1S/C32H43N2O2S/c1-5-7-17-32(18-8-6-2)23-30(27-14-12-13-26(21-27)24-34-19-10-9-11-20-34)29-22-28(33(3)4)15-16-31(29)37(35,36)25-32/h9-16,19-22,30H,5-8,17-18,23-25H2,1-4H3/q+1. The summed E-state index contributed by atoms with van der Waals surface area (Å²) in [6.45, 7) is 5.21. The molecule has 0 radical (unpaired) electrons. The zero-order valence-corrected chi connectivity index (χ0v) is 23.8. The van der Waals surface area contributed by atoms with E-state index in [1.165, 1.54) is 11.1 Å². The number of hydrogen-bond acceptors (Lipinski definition) is 3. The van der Waals surface area contributed by atoms with Crippen LogP contribution in [0.15, 0.2) is 78.0 Å². The molecule has 0 spiro atoms. The fourth-order valence-electron chi connectivity index (χ4n) is 5.99. The molecular weight excluding hydrogens is 476 g/mol. The Balaban J connectivity index is 1.86. The molecule has 0 aliphatic carbocycles. The first-order valence-electron chi connectivity index (χ1n) is 13.8. The van der Waals surface area contributed by atoms with Crippen LogP contribution in [0.4, 0.5) is 5.69 Å². The van der Waals surface area contributed by atoms with E-state index in [-0.39, 0.29) is 17.1 Å². The Morgan fingerprint density at radius 2 is 1.62 bits per heavy atom. The fourth-order valence-corrected chi connectivity index (χ4v) is 8.19. The zero-order chi connectivity index (χ0) is 26.5. The Morgan fingerprint density at radius 3 is 2.27 bits per heavy atom. The quantitative estimate of drug-likeness (QED) is 0.278. The number of rotatable bonds is 10. The highest BCUT2D eigenvalue weighted by Gasteiger charge is 2.43. The van der Waals surface area contributed by atoms with Crippen molar-refractivity contribution in [3.63, 3.8) is 0 Å². The fraction of sp³-hybridized carbons (Fsp3) is 0.469. The predicted octanol–water partition coefficient (Wildman–Crippen LogP) is 6.76. The highest BCUT2D eigenvalue weighted by Crippen LogP contribution is 2.50. The molecule has 0 N–H and O–H groups in total. The van der Waals surface area contributed by atoms with Gasteiger partial charge in [0.25, 0.3) is 0 Å². The summed E-state index contributed by atoms with van der Waals surface area (Å²) in [6.07, 6.45) is 11.3. The molecule has 0 saturated carbocycles. The van der Waals surface area contributed by atoms with Crippen molar-refractivity contribution in [3.05, 3.63) is 89.7 Å². The lowest BCUT2D eigenvalue weighted by Crippen LogP contribution is -2.33. The van der Waals surface area contributed by atoms with E-state index in [1.807, 2.05) is 32.3 Å². The van der Waals surface area contributed by atoms with Gasteiger partial charge in [0.05, 0.1) is 10.6 Å². The Morgan fingerprint density at radius 1 is 0.919 bits per heavy atom. The highest BCUT2D eigenvalue weighted by molar-refractivity contribution is 7.91. The van der Waals surface area contributed by atoms with Gasteiger partial charge in [-0.25, -0.2) is 13.0 Å². The van der Waals surface area contributed by atoms with E-state index in [2.05, 4.69) is 78.2 Å². The molecule has 4 rings (SSSR count). The number of benzene rings is 2. The van der Waals surface area contributed by atoms with Gasteiger partial charge in [-0.2, -0.15) is 0 Å². The maximum absolute atomic E-state index is 14.0. The van der Waals surface area contributed by atoms with Crippen molar-refractivity contribution in [1.82, 2.24) is 0 Å². The maximum atomic E-state index is 14.0. The second-order valence-corrected chi connectivity index (χ2v) is 13.1. The molecule has 2 heterocycles. The first-order valence-corrected chi connectivity index (χ1v) is 15.5. The number of anilines is 1. The second kappa shape index (κ2) is 11.8. The summed E-state index contributed by atoms with van der Waals surface area (Å²) >= 11 is 0. The van der Waals surface area contributed by atoms with E-state index in [0.29, 0.717) is 4.90 Å². The van der Waals surface area contributed by atoms with Crippen LogP contribution in [0.3, 0.4) is 0 Å². The average molecular weight is 520 g/mol. The van der Waals surface area contributed by atoms with E-state index in [9.17, 15) is 8.42 Å². The van der Waals surface area contributed by atoms with Gasteiger partial charge in [-0.3, -0.25) is 0 Å². The van der Waals surface area contributed by atoms with E-state index >= 15 is 0 Å². The minimum atomic E-state index is -3.41. The average Bonchev–Trinajstić information content (AvgIpc) is 2.99. The minimum Gasteiger partial charge on any atom is -0.378 e. The molecule has 198 valence electrons. The Labute approximate surface area is 224 Å². The molecule has 37 heavy (non-hydrogen) atoms. The number of aromatic nitrogens is 1. The number of nitrogens with zero attached hydrogens (tertiary/aromatic N) is 2. The molecule has 1 atom stereocenters. The molecule has 1 aliphatic rings. The lowest BCUT2D eigenvalue weighted by atomic mass is 9.70. The van der Waals surface area contributed by atoms with Crippen LogP contribution in [0.5, 0.6) is 0 Å². The summed E-state index contributed by atoms with van der Waals surface area (Å²) in [7, 11) is 0.629. The van der Waals surface area contributed by atoms with Gasteiger partial charge in [0, 0.05) is 43.4 Å². The molecule has 1 unspecified atom stereocenters. The summed E-state index contributed by atoms with van der Waals surface area (Å²) < 4.78 is 30.2. The van der Waals surface area contributed by atoms with E-state index in [4.69, 9.17) is 0 Å². The molecule has 3 aromatic rings. The van der Waals surface area contributed by atoms with Crippen molar-refractivity contribution >= 4 is 15.5 Å². The maximum Gasteiger partial charge on any atom is 0.179 e. The predicted molar refractivity (Wildman–Crippen MR) is 153 cm³/mol.